The van der Waals surface area contributed by atoms with Gasteiger partial charge in [0.2, 0.25) is 0 Å². The fourth-order valence-corrected chi connectivity index (χ4v) is 1.54. The molecule has 0 amide bonds. The van der Waals surface area contributed by atoms with Gasteiger partial charge < -0.3 is 14.2 Å². The monoisotopic (exact) mass is 222 g/mol. The summed E-state index contributed by atoms with van der Waals surface area (Å²) in [5.74, 6) is 2.21. The second-order valence-electron chi connectivity index (χ2n) is 3.15. The molecule has 0 radical (unpaired) electrons. The average Bonchev–Trinajstić information content (AvgIpc) is 2.31. The lowest BCUT2D eigenvalue weighted by molar-refractivity contribution is 0.326. The predicted octanol–water partition coefficient (Wildman–Crippen LogP) is 3.14. The molecule has 16 heavy (non-hydrogen) atoms. The Hall–Kier alpha value is -1.64. The summed E-state index contributed by atoms with van der Waals surface area (Å²) in [6, 6.07) is 3.73. The average molecular weight is 222 g/mol. The van der Waals surface area contributed by atoms with E-state index in [-0.39, 0.29) is 0 Å². The van der Waals surface area contributed by atoms with Gasteiger partial charge in [-0.05, 0) is 26.0 Å². The Morgan fingerprint density at radius 1 is 1.12 bits per heavy atom. The molecular weight excluding hydrogens is 204 g/mol. The van der Waals surface area contributed by atoms with Crippen molar-refractivity contribution in [2.24, 2.45) is 0 Å². The molecule has 0 spiro atoms. The lowest BCUT2D eigenvalue weighted by Crippen LogP contribution is -1.98. The number of ether oxygens (including phenoxy) is 3. The number of allylic oxidation sites excluding steroid dienone is 1. The molecule has 88 valence electrons. The van der Waals surface area contributed by atoms with E-state index in [1.165, 1.54) is 0 Å². The second kappa shape index (κ2) is 6.05. The van der Waals surface area contributed by atoms with Gasteiger partial charge in [-0.3, -0.25) is 0 Å². The Kier molecular flexibility index (Phi) is 4.70. The number of benzene rings is 1. The van der Waals surface area contributed by atoms with Gasteiger partial charge in [0.25, 0.3) is 0 Å². The lowest BCUT2D eigenvalue weighted by Gasteiger charge is -2.14. The van der Waals surface area contributed by atoms with Crippen LogP contribution in [0.4, 0.5) is 0 Å². The summed E-state index contributed by atoms with van der Waals surface area (Å²) in [5, 5.41) is 0. The van der Waals surface area contributed by atoms with Crippen LogP contribution in [0, 0.1) is 0 Å². The molecule has 1 rings (SSSR count). The maximum absolute atomic E-state index is 5.54. The van der Waals surface area contributed by atoms with Crippen LogP contribution in [0.3, 0.4) is 0 Å². The van der Waals surface area contributed by atoms with Crippen molar-refractivity contribution in [1.82, 2.24) is 0 Å². The number of hydrogen-bond donors (Lipinski definition) is 0. The molecule has 0 aliphatic rings. The molecule has 0 saturated heterocycles. The highest BCUT2D eigenvalue weighted by atomic mass is 16.5. The molecule has 0 N–H and O–H groups in total. The molecular formula is C13H18O3. The van der Waals surface area contributed by atoms with Crippen molar-refractivity contribution in [3.63, 3.8) is 0 Å². The molecule has 0 aliphatic carbocycles. The quantitative estimate of drug-likeness (QED) is 0.766. The fourth-order valence-electron chi connectivity index (χ4n) is 1.54. The van der Waals surface area contributed by atoms with E-state index in [0.29, 0.717) is 18.1 Å². The van der Waals surface area contributed by atoms with Gasteiger partial charge in [-0.15, -0.1) is 0 Å². The van der Waals surface area contributed by atoms with E-state index in [0.717, 1.165) is 11.3 Å². The normalized spacial score (nSPS) is 10.5. The number of rotatable bonds is 5. The summed E-state index contributed by atoms with van der Waals surface area (Å²) in [7, 11) is 3.25. The van der Waals surface area contributed by atoms with Crippen molar-refractivity contribution in [3.8, 4) is 17.2 Å². The first-order valence-electron chi connectivity index (χ1n) is 5.28. The first kappa shape index (κ1) is 12.4. The Morgan fingerprint density at radius 3 is 2.31 bits per heavy atom. The maximum atomic E-state index is 5.54. The molecule has 0 unspecified atom stereocenters. The zero-order valence-corrected chi connectivity index (χ0v) is 10.2. The first-order chi connectivity index (χ1) is 7.78. The predicted molar refractivity (Wildman–Crippen MR) is 65.4 cm³/mol. The van der Waals surface area contributed by atoms with Crippen LogP contribution in [0.25, 0.3) is 6.08 Å². The summed E-state index contributed by atoms with van der Waals surface area (Å²) >= 11 is 0. The van der Waals surface area contributed by atoms with Crippen LogP contribution < -0.4 is 14.2 Å². The third-order valence-electron chi connectivity index (χ3n) is 2.18. The Bertz CT molecular complexity index is 370. The molecule has 0 aliphatic heterocycles. The maximum Gasteiger partial charge on any atom is 0.171 e. The number of hydrogen-bond acceptors (Lipinski definition) is 3. The third kappa shape index (κ3) is 2.48. The van der Waals surface area contributed by atoms with Crippen LogP contribution in [-0.4, -0.2) is 20.8 Å². The molecule has 0 saturated carbocycles. The smallest absolute Gasteiger partial charge is 0.171 e. The highest BCUT2D eigenvalue weighted by Crippen LogP contribution is 2.38. The minimum Gasteiger partial charge on any atom is -0.493 e. The van der Waals surface area contributed by atoms with Gasteiger partial charge in [-0.25, -0.2) is 0 Å². The molecule has 1 aromatic rings. The van der Waals surface area contributed by atoms with E-state index < -0.39 is 0 Å². The molecule has 1 aromatic carbocycles. The summed E-state index contributed by atoms with van der Waals surface area (Å²) in [5.41, 5.74) is 0.909. The first-order valence-corrected chi connectivity index (χ1v) is 5.28. The molecule has 0 fully saturated rings. The van der Waals surface area contributed by atoms with Gasteiger partial charge in [0, 0.05) is 0 Å². The molecule has 0 heterocycles. The summed E-state index contributed by atoms with van der Waals surface area (Å²) in [6.45, 7) is 4.53. The zero-order valence-electron chi connectivity index (χ0n) is 10.2. The van der Waals surface area contributed by atoms with Crippen LogP contribution in [-0.2, 0) is 0 Å². The highest BCUT2D eigenvalue weighted by Gasteiger charge is 2.13. The van der Waals surface area contributed by atoms with Gasteiger partial charge in [-0.1, -0.05) is 12.2 Å². The van der Waals surface area contributed by atoms with Crippen molar-refractivity contribution >= 4 is 6.08 Å². The summed E-state index contributed by atoms with van der Waals surface area (Å²) in [6.07, 6.45) is 3.89. The van der Waals surface area contributed by atoms with Crippen molar-refractivity contribution in [2.45, 2.75) is 13.8 Å². The second-order valence-corrected chi connectivity index (χ2v) is 3.15. The van der Waals surface area contributed by atoms with Gasteiger partial charge in [0.15, 0.2) is 11.5 Å². The van der Waals surface area contributed by atoms with Gasteiger partial charge in [-0.2, -0.15) is 0 Å². The lowest BCUT2D eigenvalue weighted by atomic mass is 10.1. The van der Waals surface area contributed by atoms with Crippen molar-refractivity contribution in [1.29, 1.82) is 0 Å². The molecule has 0 atom stereocenters. The fraction of sp³-hybridized carbons (Fsp3) is 0.385. The van der Waals surface area contributed by atoms with Crippen molar-refractivity contribution < 1.29 is 14.2 Å². The third-order valence-corrected chi connectivity index (χ3v) is 2.18. The molecule has 0 bridgehead atoms. The van der Waals surface area contributed by atoms with Crippen molar-refractivity contribution in [2.75, 3.05) is 20.8 Å². The Balaban J connectivity index is 3.31. The molecule has 3 heteroatoms. The summed E-state index contributed by atoms with van der Waals surface area (Å²) < 4.78 is 16.1. The van der Waals surface area contributed by atoms with E-state index in [1.54, 1.807) is 14.2 Å². The minimum absolute atomic E-state index is 0.625. The minimum atomic E-state index is 0.625. The van der Waals surface area contributed by atoms with Crippen LogP contribution in [0.1, 0.15) is 19.4 Å². The van der Waals surface area contributed by atoms with Crippen LogP contribution in [0.2, 0.25) is 0 Å². The standard InChI is InChI=1S/C13H18O3/c1-5-7-10-11(16-6-2)8-9-12(14-3)13(10)15-4/h5,7-9H,6H2,1-4H3/b7-5+. The number of methoxy groups -OCH3 is 2. The van der Waals surface area contributed by atoms with E-state index >= 15 is 0 Å². The highest BCUT2D eigenvalue weighted by molar-refractivity contribution is 5.68. The van der Waals surface area contributed by atoms with E-state index in [4.69, 9.17) is 14.2 Å². The largest absolute Gasteiger partial charge is 0.493 e. The van der Waals surface area contributed by atoms with E-state index in [9.17, 15) is 0 Å². The SMILES string of the molecule is C/C=C/c1c(OCC)ccc(OC)c1OC. The van der Waals surface area contributed by atoms with Gasteiger partial charge >= 0.3 is 0 Å². The van der Waals surface area contributed by atoms with Gasteiger partial charge in [0.1, 0.15) is 5.75 Å². The van der Waals surface area contributed by atoms with Crippen LogP contribution >= 0.6 is 0 Å². The van der Waals surface area contributed by atoms with Gasteiger partial charge in [0.05, 0.1) is 26.4 Å². The molecule has 3 nitrogen and oxygen atoms in total. The van der Waals surface area contributed by atoms with E-state index in [2.05, 4.69) is 0 Å². The summed E-state index contributed by atoms with van der Waals surface area (Å²) in [4.78, 5) is 0. The van der Waals surface area contributed by atoms with Crippen LogP contribution in [0.5, 0.6) is 17.2 Å². The Labute approximate surface area is 96.6 Å². The topological polar surface area (TPSA) is 27.7 Å². The van der Waals surface area contributed by atoms with Crippen LogP contribution in [0.15, 0.2) is 18.2 Å². The molecule has 0 aromatic heterocycles. The van der Waals surface area contributed by atoms with E-state index in [1.807, 2.05) is 38.1 Å². The van der Waals surface area contributed by atoms with Crippen molar-refractivity contribution in [3.05, 3.63) is 23.8 Å². The Morgan fingerprint density at radius 2 is 1.81 bits per heavy atom. The zero-order chi connectivity index (χ0) is 12.0.